The number of piperazine rings is 1. The molecule has 0 aromatic carbocycles. The predicted octanol–water partition coefficient (Wildman–Crippen LogP) is 2.30. The number of aryl methyl sites for hydroxylation is 1. The summed E-state index contributed by atoms with van der Waals surface area (Å²) in [5, 5.41) is 4.11. The second kappa shape index (κ2) is 8.00. The average Bonchev–Trinajstić information content (AvgIpc) is 3.24. The van der Waals surface area contributed by atoms with Gasteiger partial charge in [0.1, 0.15) is 11.6 Å². The lowest BCUT2D eigenvalue weighted by Gasteiger charge is -2.35. The molecule has 4 heterocycles. The van der Waals surface area contributed by atoms with Crippen LogP contribution in [-0.2, 0) is 12.8 Å². The van der Waals surface area contributed by atoms with E-state index in [4.69, 9.17) is 9.51 Å². The van der Waals surface area contributed by atoms with Gasteiger partial charge in [0.05, 0.1) is 0 Å². The van der Waals surface area contributed by atoms with Crippen molar-refractivity contribution in [2.24, 2.45) is 0 Å². The zero-order chi connectivity index (χ0) is 19.6. The molecule has 2 fully saturated rings. The number of piperidine rings is 1. The quantitative estimate of drug-likeness (QED) is 0.788. The smallest absolute Gasteiger partial charge is 0.276 e. The fourth-order valence-corrected chi connectivity index (χ4v) is 4.60. The highest BCUT2D eigenvalue weighted by Gasteiger charge is 2.30. The second-order valence-electron chi connectivity index (χ2n) is 8.18. The molecule has 0 atom stereocenters. The molecule has 154 valence electrons. The van der Waals surface area contributed by atoms with Crippen molar-refractivity contribution < 1.29 is 9.32 Å². The Balaban J connectivity index is 1.24. The highest BCUT2D eigenvalue weighted by atomic mass is 16.5. The molecular weight excluding hydrogens is 368 g/mol. The van der Waals surface area contributed by atoms with Crippen LogP contribution in [0, 0.1) is 0 Å². The highest BCUT2D eigenvalue weighted by Crippen LogP contribution is 2.26. The van der Waals surface area contributed by atoms with Gasteiger partial charge in [-0.2, -0.15) is 4.98 Å². The number of rotatable bonds is 3. The number of carbonyl (C=O) groups is 1. The molecule has 3 aliphatic rings. The maximum Gasteiger partial charge on any atom is 0.276 e. The first-order valence-corrected chi connectivity index (χ1v) is 10.9. The van der Waals surface area contributed by atoms with Crippen LogP contribution in [0.15, 0.2) is 16.8 Å². The molecule has 2 aromatic rings. The number of carbonyl (C=O) groups excluding carboxylic acids is 1. The highest BCUT2D eigenvalue weighted by molar-refractivity contribution is 5.94. The van der Waals surface area contributed by atoms with E-state index in [0.29, 0.717) is 18.8 Å². The summed E-state index contributed by atoms with van der Waals surface area (Å²) in [6, 6.07) is 1.97. The topological polar surface area (TPSA) is 78.6 Å². The largest absolute Gasteiger partial charge is 0.360 e. The van der Waals surface area contributed by atoms with Crippen molar-refractivity contribution >= 4 is 17.7 Å². The fraction of sp³-hybridized carbons (Fsp3) is 0.619. The Labute approximate surface area is 170 Å². The van der Waals surface area contributed by atoms with Crippen molar-refractivity contribution in [3.63, 3.8) is 0 Å². The van der Waals surface area contributed by atoms with E-state index >= 15 is 0 Å². The van der Waals surface area contributed by atoms with E-state index in [1.54, 1.807) is 0 Å². The molecule has 8 nitrogen and oxygen atoms in total. The van der Waals surface area contributed by atoms with Crippen molar-refractivity contribution in [3.8, 4) is 0 Å². The minimum absolute atomic E-state index is 0.00763. The molecule has 2 aliphatic heterocycles. The van der Waals surface area contributed by atoms with Crippen LogP contribution in [-0.4, -0.2) is 65.2 Å². The van der Waals surface area contributed by atoms with Gasteiger partial charge < -0.3 is 19.2 Å². The zero-order valence-electron chi connectivity index (χ0n) is 16.8. The lowest BCUT2D eigenvalue weighted by Crippen LogP contribution is -2.49. The van der Waals surface area contributed by atoms with Crippen molar-refractivity contribution in [2.75, 3.05) is 49.1 Å². The van der Waals surface area contributed by atoms with Crippen molar-refractivity contribution in [2.45, 2.75) is 44.9 Å². The number of hydrogen-bond acceptors (Lipinski definition) is 7. The maximum atomic E-state index is 13.0. The second-order valence-corrected chi connectivity index (χ2v) is 8.18. The average molecular weight is 396 g/mol. The molecular formula is C21H28N6O2. The van der Waals surface area contributed by atoms with Crippen molar-refractivity contribution in [1.29, 1.82) is 0 Å². The van der Waals surface area contributed by atoms with Gasteiger partial charge in [-0.05, 0) is 44.6 Å². The molecule has 5 rings (SSSR count). The number of nitrogens with zero attached hydrogens (tertiary/aromatic N) is 6. The Morgan fingerprint density at radius 2 is 1.69 bits per heavy atom. The van der Waals surface area contributed by atoms with Crippen LogP contribution >= 0.6 is 0 Å². The van der Waals surface area contributed by atoms with Gasteiger partial charge >= 0.3 is 0 Å². The van der Waals surface area contributed by atoms with E-state index < -0.39 is 0 Å². The van der Waals surface area contributed by atoms with E-state index in [9.17, 15) is 4.79 Å². The summed E-state index contributed by atoms with van der Waals surface area (Å²) in [6.45, 7) is 4.94. The van der Waals surface area contributed by atoms with Crippen LogP contribution in [0.25, 0.3) is 0 Å². The zero-order valence-corrected chi connectivity index (χ0v) is 16.8. The third-order valence-corrected chi connectivity index (χ3v) is 6.31. The van der Waals surface area contributed by atoms with Gasteiger partial charge in [-0.25, -0.2) is 4.98 Å². The summed E-state index contributed by atoms with van der Waals surface area (Å²) in [5.74, 6) is 2.69. The maximum absolute atomic E-state index is 13.0. The molecule has 1 amide bonds. The molecule has 0 spiro atoms. The third-order valence-electron chi connectivity index (χ3n) is 6.31. The van der Waals surface area contributed by atoms with Crippen LogP contribution in [0.4, 0.5) is 11.8 Å². The Hall–Kier alpha value is -2.64. The van der Waals surface area contributed by atoms with Gasteiger partial charge in [-0.1, -0.05) is 5.16 Å². The first-order chi connectivity index (χ1) is 14.3. The summed E-state index contributed by atoms with van der Waals surface area (Å²) >= 11 is 0. The van der Waals surface area contributed by atoms with E-state index in [1.807, 2.05) is 17.2 Å². The van der Waals surface area contributed by atoms with Gasteiger partial charge in [-0.15, -0.1) is 0 Å². The number of anilines is 2. The molecule has 2 aromatic heterocycles. The van der Waals surface area contributed by atoms with Crippen LogP contribution < -0.4 is 9.80 Å². The molecule has 0 N–H and O–H groups in total. The number of fused-ring (bicyclic) bond motifs is 1. The monoisotopic (exact) mass is 396 g/mol. The first kappa shape index (κ1) is 18.4. The molecule has 0 bridgehead atoms. The summed E-state index contributed by atoms with van der Waals surface area (Å²) < 4.78 is 5.43. The third kappa shape index (κ3) is 3.68. The summed E-state index contributed by atoms with van der Waals surface area (Å²) in [7, 11) is 0. The molecule has 0 saturated carbocycles. The summed E-state index contributed by atoms with van der Waals surface area (Å²) in [4.78, 5) is 28.7. The van der Waals surface area contributed by atoms with E-state index in [0.717, 1.165) is 75.0 Å². The minimum Gasteiger partial charge on any atom is -0.360 e. The van der Waals surface area contributed by atoms with Gasteiger partial charge in [0, 0.05) is 57.4 Å². The molecule has 0 unspecified atom stereocenters. The van der Waals surface area contributed by atoms with Gasteiger partial charge in [-0.3, -0.25) is 4.79 Å². The van der Waals surface area contributed by atoms with Crippen LogP contribution in [0.1, 0.15) is 53.9 Å². The first-order valence-electron chi connectivity index (χ1n) is 10.9. The normalized spacial score (nSPS) is 19.9. The molecule has 1 aliphatic carbocycles. The SMILES string of the molecule is O=C(c1noc2c1CCCC2)N1CCN(c2ccnc(N3CCCCC3)n2)CC1. The summed E-state index contributed by atoms with van der Waals surface area (Å²) in [6.07, 6.45) is 9.59. The Morgan fingerprint density at radius 1 is 0.897 bits per heavy atom. The Morgan fingerprint density at radius 3 is 2.52 bits per heavy atom. The predicted molar refractivity (Wildman–Crippen MR) is 109 cm³/mol. The van der Waals surface area contributed by atoms with Crippen molar-refractivity contribution in [1.82, 2.24) is 20.0 Å². The molecule has 0 radical (unpaired) electrons. The molecule has 29 heavy (non-hydrogen) atoms. The van der Waals surface area contributed by atoms with Gasteiger partial charge in [0.2, 0.25) is 5.95 Å². The van der Waals surface area contributed by atoms with Crippen LogP contribution in [0.3, 0.4) is 0 Å². The fourth-order valence-electron chi connectivity index (χ4n) is 4.60. The number of amides is 1. The lowest BCUT2D eigenvalue weighted by atomic mass is 9.96. The minimum atomic E-state index is 0.00763. The van der Waals surface area contributed by atoms with Gasteiger partial charge in [0.25, 0.3) is 5.91 Å². The molecule has 2 saturated heterocycles. The van der Waals surface area contributed by atoms with Crippen molar-refractivity contribution in [3.05, 3.63) is 29.3 Å². The Bertz CT molecular complexity index is 868. The van der Waals surface area contributed by atoms with E-state index in [2.05, 4.69) is 19.9 Å². The van der Waals surface area contributed by atoms with Gasteiger partial charge in [0.15, 0.2) is 5.69 Å². The van der Waals surface area contributed by atoms with E-state index in [-0.39, 0.29) is 5.91 Å². The number of aromatic nitrogens is 3. The standard InChI is InChI=1S/C21H28N6O2/c28-20(19-16-6-2-3-7-17(16)29-24-19)26-14-12-25(13-15-26)18-8-9-22-21(23-18)27-10-4-1-5-11-27/h8-9H,1-7,10-15H2. The van der Waals surface area contributed by atoms with E-state index in [1.165, 1.54) is 19.3 Å². The number of hydrogen-bond donors (Lipinski definition) is 0. The lowest BCUT2D eigenvalue weighted by molar-refractivity contribution is 0.0735. The summed E-state index contributed by atoms with van der Waals surface area (Å²) in [5.41, 5.74) is 1.56. The van der Waals surface area contributed by atoms with Crippen LogP contribution in [0.2, 0.25) is 0 Å². The Kier molecular flexibility index (Phi) is 5.08. The van der Waals surface area contributed by atoms with Crippen LogP contribution in [0.5, 0.6) is 0 Å². The molecule has 8 heteroatoms.